The molecular formula is C15H22IN3O3. The fourth-order valence-corrected chi connectivity index (χ4v) is 1.71. The van der Waals surface area contributed by atoms with E-state index >= 15 is 0 Å². The Hall–Kier alpha value is -1.77. The molecule has 0 saturated heterocycles. The minimum Gasteiger partial charge on any atom is -0.496 e. The van der Waals surface area contributed by atoms with Gasteiger partial charge in [-0.1, -0.05) is 12.1 Å². The second kappa shape index (κ2) is 10.9. The lowest BCUT2D eigenvalue weighted by molar-refractivity contribution is 0.0597. The minimum atomic E-state index is -0.428. The standard InChI is InChI=1S/C15H21N3O3.HI/c1-5-8-17-15(16-2)18-10-11-6-7-13(20-3)12(9-11)14(19)21-4;/h5-7,9H,1,8,10H2,2-4H3,(H2,16,17,18);1H. The molecule has 1 aromatic rings. The van der Waals surface area contributed by atoms with Crippen molar-refractivity contribution in [2.75, 3.05) is 27.8 Å². The van der Waals surface area contributed by atoms with Crippen LogP contribution in [-0.2, 0) is 11.3 Å². The molecule has 22 heavy (non-hydrogen) atoms. The highest BCUT2D eigenvalue weighted by Gasteiger charge is 2.13. The molecule has 0 aliphatic heterocycles. The topological polar surface area (TPSA) is 72.0 Å². The van der Waals surface area contributed by atoms with Crippen LogP contribution < -0.4 is 15.4 Å². The fraction of sp³-hybridized carbons (Fsp3) is 0.333. The molecule has 0 spiro atoms. The number of aliphatic imine (C=N–C) groups is 1. The van der Waals surface area contributed by atoms with Gasteiger partial charge in [-0.2, -0.15) is 0 Å². The molecule has 0 unspecified atom stereocenters. The van der Waals surface area contributed by atoms with Crippen molar-refractivity contribution in [2.24, 2.45) is 4.99 Å². The van der Waals surface area contributed by atoms with Crippen molar-refractivity contribution in [3.63, 3.8) is 0 Å². The van der Waals surface area contributed by atoms with Crippen LogP contribution in [0.1, 0.15) is 15.9 Å². The zero-order valence-electron chi connectivity index (χ0n) is 13.0. The van der Waals surface area contributed by atoms with Crippen LogP contribution >= 0.6 is 24.0 Å². The van der Waals surface area contributed by atoms with Gasteiger partial charge in [0, 0.05) is 20.1 Å². The molecule has 0 atom stereocenters. The monoisotopic (exact) mass is 419 g/mol. The first-order valence-corrected chi connectivity index (χ1v) is 6.46. The first kappa shape index (κ1) is 20.2. The van der Waals surface area contributed by atoms with Crippen molar-refractivity contribution >= 4 is 35.9 Å². The lowest BCUT2D eigenvalue weighted by Gasteiger charge is -2.12. The molecule has 0 heterocycles. The lowest BCUT2D eigenvalue weighted by atomic mass is 10.1. The maximum atomic E-state index is 11.7. The molecule has 1 aromatic carbocycles. The van der Waals surface area contributed by atoms with Crippen molar-refractivity contribution in [2.45, 2.75) is 6.54 Å². The summed E-state index contributed by atoms with van der Waals surface area (Å²) in [5.74, 6) is 0.716. The van der Waals surface area contributed by atoms with E-state index in [0.717, 1.165) is 5.56 Å². The SMILES string of the molecule is C=CCNC(=NC)NCc1ccc(OC)c(C(=O)OC)c1.I. The first-order valence-electron chi connectivity index (χ1n) is 6.46. The van der Waals surface area contributed by atoms with Gasteiger partial charge in [-0.05, 0) is 17.7 Å². The predicted molar refractivity (Wildman–Crippen MR) is 98.1 cm³/mol. The summed E-state index contributed by atoms with van der Waals surface area (Å²) in [4.78, 5) is 15.8. The van der Waals surface area contributed by atoms with Gasteiger partial charge in [-0.3, -0.25) is 4.99 Å². The van der Waals surface area contributed by atoms with E-state index in [1.807, 2.05) is 6.07 Å². The van der Waals surface area contributed by atoms with Crippen LogP contribution in [0.15, 0.2) is 35.8 Å². The number of carbonyl (C=O) groups excluding carboxylic acids is 1. The van der Waals surface area contributed by atoms with Gasteiger partial charge in [-0.25, -0.2) is 4.79 Å². The minimum absolute atomic E-state index is 0. The summed E-state index contributed by atoms with van der Waals surface area (Å²) in [6, 6.07) is 5.35. The van der Waals surface area contributed by atoms with E-state index in [1.165, 1.54) is 14.2 Å². The molecule has 0 aliphatic carbocycles. The molecule has 2 N–H and O–H groups in total. The van der Waals surface area contributed by atoms with Gasteiger partial charge in [0.25, 0.3) is 0 Å². The van der Waals surface area contributed by atoms with Crippen molar-refractivity contribution in [3.8, 4) is 5.75 Å². The number of nitrogens with one attached hydrogen (secondary N) is 2. The summed E-state index contributed by atoms with van der Waals surface area (Å²) in [6.45, 7) is 4.77. The second-order valence-corrected chi connectivity index (χ2v) is 4.12. The van der Waals surface area contributed by atoms with Crippen LogP contribution in [0.4, 0.5) is 0 Å². The van der Waals surface area contributed by atoms with Gasteiger partial charge >= 0.3 is 5.97 Å². The number of methoxy groups -OCH3 is 2. The highest BCUT2D eigenvalue weighted by atomic mass is 127. The van der Waals surface area contributed by atoms with Gasteiger partial charge in [0.2, 0.25) is 0 Å². The third-order valence-corrected chi connectivity index (χ3v) is 2.77. The van der Waals surface area contributed by atoms with E-state index < -0.39 is 5.97 Å². The zero-order valence-corrected chi connectivity index (χ0v) is 15.3. The summed E-state index contributed by atoms with van der Waals surface area (Å²) in [5, 5.41) is 6.21. The number of guanidine groups is 1. The van der Waals surface area contributed by atoms with Gasteiger partial charge in [-0.15, -0.1) is 30.6 Å². The summed E-state index contributed by atoms with van der Waals surface area (Å²) in [7, 11) is 4.54. The number of rotatable bonds is 6. The Morgan fingerprint density at radius 3 is 2.64 bits per heavy atom. The number of ether oxygens (including phenoxy) is 2. The molecular weight excluding hydrogens is 397 g/mol. The Labute approximate surface area is 148 Å². The van der Waals surface area contributed by atoms with Crippen LogP contribution in [0, 0.1) is 0 Å². The number of esters is 1. The predicted octanol–water partition coefficient (Wildman–Crippen LogP) is 1.95. The Bertz CT molecular complexity index is 533. The van der Waals surface area contributed by atoms with Crippen molar-refractivity contribution in [3.05, 3.63) is 42.0 Å². The van der Waals surface area contributed by atoms with Crippen LogP contribution in [0.25, 0.3) is 0 Å². The third-order valence-electron chi connectivity index (χ3n) is 2.77. The van der Waals surface area contributed by atoms with E-state index in [2.05, 4.69) is 22.2 Å². The number of carbonyl (C=O) groups is 1. The molecule has 0 aliphatic rings. The molecule has 0 aromatic heterocycles. The van der Waals surface area contributed by atoms with E-state index in [4.69, 9.17) is 9.47 Å². The molecule has 0 saturated carbocycles. The van der Waals surface area contributed by atoms with Crippen molar-refractivity contribution in [1.29, 1.82) is 0 Å². The van der Waals surface area contributed by atoms with Crippen LogP contribution in [0.2, 0.25) is 0 Å². The van der Waals surface area contributed by atoms with Gasteiger partial charge in [0.05, 0.1) is 14.2 Å². The third kappa shape index (κ3) is 5.92. The average molecular weight is 419 g/mol. The number of halogens is 1. The quantitative estimate of drug-likeness (QED) is 0.243. The molecule has 0 radical (unpaired) electrons. The summed E-state index contributed by atoms with van der Waals surface area (Å²) in [5.41, 5.74) is 1.31. The summed E-state index contributed by atoms with van der Waals surface area (Å²) < 4.78 is 9.90. The smallest absolute Gasteiger partial charge is 0.341 e. The Balaban J connectivity index is 0.00000441. The normalized spacial score (nSPS) is 10.2. The van der Waals surface area contributed by atoms with E-state index in [1.54, 1.807) is 25.3 Å². The molecule has 0 bridgehead atoms. The Morgan fingerprint density at radius 2 is 2.09 bits per heavy atom. The largest absolute Gasteiger partial charge is 0.496 e. The van der Waals surface area contributed by atoms with Crippen molar-refractivity contribution < 1.29 is 14.3 Å². The van der Waals surface area contributed by atoms with E-state index in [-0.39, 0.29) is 24.0 Å². The summed E-state index contributed by atoms with van der Waals surface area (Å²) >= 11 is 0. The Morgan fingerprint density at radius 1 is 1.36 bits per heavy atom. The molecule has 6 nitrogen and oxygen atoms in total. The fourth-order valence-electron chi connectivity index (χ4n) is 1.71. The maximum Gasteiger partial charge on any atom is 0.341 e. The van der Waals surface area contributed by atoms with Gasteiger partial charge in [0.1, 0.15) is 11.3 Å². The van der Waals surface area contributed by atoms with Crippen LogP contribution in [0.5, 0.6) is 5.75 Å². The molecule has 0 fully saturated rings. The highest BCUT2D eigenvalue weighted by molar-refractivity contribution is 14.0. The second-order valence-electron chi connectivity index (χ2n) is 4.12. The van der Waals surface area contributed by atoms with Gasteiger partial charge < -0.3 is 20.1 Å². The van der Waals surface area contributed by atoms with E-state index in [0.29, 0.717) is 30.4 Å². The van der Waals surface area contributed by atoms with E-state index in [9.17, 15) is 4.79 Å². The van der Waals surface area contributed by atoms with Crippen molar-refractivity contribution in [1.82, 2.24) is 10.6 Å². The molecule has 1 rings (SSSR count). The lowest BCUT2D eigenvalue weighted by Crippen LogP contribution is -2.36. The number of benzene rings is 1. The molecule has 7 heteroatoms. The van der Waals surface area contributed by atoms with Gasteiger partial charge in [0.15, 0.2) is 5.96 Å². The maximum absolute atomic E-state index is 11.7. The number of hydrogen-bond donors (Lipinski definition) is 2. The first-order chi connectivity index (χ1) is 10.2. The average Bonchev–Trinajstić information content (AvgIpc) is 2.54. The zero-order chi connectivity index (χ0) is 15.7. The number of nitrogens with zero attached hydrogens (tertiary/aromatic N) is 1. The summed E-state index contributed by atoms with van der Waals surface area (Å²) in [6.07, 6.45) is 1.75. The molecule has 0 amide bonds. The highest BCUT2D eigenvalue weighted by Crippen LogP contribution is 2.20. The molecule has 122 valence electrons. The number of hydrogen-bond acceptors (Lipinski definition) is 4. The van der Waals surface area contributed by atoms with Crippen LogP contribution in [0.3, 0.4) is 0 Å². The van der Waals surface area contributed by atoms with Crippen LogP contribution in [-0.4, -0.2) is 39.7 Å². The Kier molecular flexibility index (Phi) is 10.0.